The van der Waals surface area contributed by atoms with Gasteiger partial charge in [-0.1, -0.05) is 80.6 Å². The number of rotatable bonds is 10. The Labute approximate surface area is 132 Å². The summed E-state index contributed by atoms with van der Waals surface area (Å²) in [6.07, 6.45) is 10.2. The first-order chi connectivity index (χ1) is 7.95. The second kappa shape index (κ2) is 16.0. The zero-order valence-corrected chi connectivity index (χ0v) is 16.2. The van der Waals surface area contributed by atoms with E-state index in [1.165, 1.54) is 44.9 Å². The Morgan fingerprint density at radius 1 is 0.800 bits per heavy atom. The summed E-state index contributed by atoms with van der Waals surface area (Å²) < 4.78 is 12.7. The molecule has 20 heavy (non-hydrogen) atoms. The van der Waals surface area contributed by atoms with E-state index in [1.54, 1.807) is 0 Å². The van der Waals surface area contributed by atoms with Crippen LogP contribution in [0.25, 0.3) is 0 Å². The van der Waals surface area contributed by atoms with Gasteiger partial charge in [-0.2, -0.15) is 9.90 Å². The van der Waals surface area contributed by atoms with E-state index in [0.717, 1.165) is 6.16 Å². The van der Waals surface area contributed by atoms with E-state index >= 15 is 0 Å². The molecule has 1 unspecified atom stereocenters. The third-order valence-electron chi connectivity index (χ3n) is 3.86. The number of hydrogen-bond acceptors (Lipinski definition) is 1. The van der Waals surface area contributed by atoms with Crippen molar-refractivity contribution in [3.8, 4) is 0 Å². The molecule has 0 aliphatic carbocycles. The third-order valence-corrected chi connectivity index (χ3v) is 8.37. The van der Waals surface area contributed by atoms with Crippen LogP contribution < -0.4 is 0 Å². The molecule has 0 fully saturated rings. The first kappa shape index (κ1) is 28.7. The van der Waals surface area contributed by atoms with Crippen molar-refractivity contribution in [3.05, 3.63) is 0 Å². The molecule has 1 atom stereocenters. The third kappa shape index (κ3) is 11.3. The zero-order chi connectivity index (χ0) is 13.3. The lowest BCUT2D eigenvalue weighted by molar-refractivity contribution is 0.553. The van der Waals surface area contributed by atoms with E-state index in [1.807, 2.05) is 0 Å². The van der Waals surface area contributed by atoms with E-state index in [2.05, 4.69) is 34.6 Å². The van der Waals surface area contributed by atoms with E-state index < -0.39 is 7.14 Å². The predicted octanol–water partition coefficient (Wildman–Crippen LogP) is 5.79. The van der Waals surface area contributed by atoms with Gasteiger partial charge in [0.25, 0.3) is 0 Å². The normalized spacial score (nSPS) is 10.8. The molecule has 0 spiro atoms. The molecule has 4 heteroatoms. The van der Waals surface area contributed by atoms with Crippen LogP contribution in [0.15, 0.2) is 0 Å². The van der Waals surface area contributed by atoms with Crippen molar-refractivity contribution in [2.75, 3.05) is 6.16 Å². The summed E-state index contributed by atoms with van der Waals surface area (Å²) in [6.45, 7) is 10.8. The van der Waals surface area contributed by atoms with E-state index in [-0.39, 0.29) is 22.8 Å². The molecule has 128 valence electrons. The smallest absolute Gasteiger partial charge is 0.0925 e. The second-order valence-corrected chi connectivity index (χ2v) is 10.1. The van der Waals surface area contributed by atoms with Crippen LogP contribution in [0.5, 0.6) is 0 Å². The summed E-state index contributed by atoms with van der Waals surface area (Å²) in [5.74, 6) is 0. The Morgan fingerprint density at radius 2 is 1.15 bits per heavy atom. The molecular formula is C16H42O2P2. The molecule has 0 heterocycles. The maximum atomic E-state index is 12.7. The minimum Gasteiger partial charge on any atom is -0.412 e. The van der Waals surface area contributed by atoms with Crippen molar-refractivity contribution in [1.29, 1.82) is 0 Å². The molecule has 0 bridgehead atoms. The maximum absolute atomic E-state index is 12.7. The Kier molecular flexibility index (Phi) is 23.0. The number of unbranched alkanes of at least 4 members (excludes halogenated alkanes) is 6. The highest BCUT2D eigenvalue weighted by Gasteiger charge is 2.29. The van der Waals surface area contributed by atoms with Crippen molar-refractivity contribution >= 4 is 17.0 Å². The van der Waals surface area contributed by atoms with Gasteiger partial charge in [-0.15, -0.1) is 0 Å². The molecule has 0 saturated carbocycles. The van der Waals surface area contributed by atoms with Crippen LogP contribution in [0.4, 0.5) is 0 Å². The minimum atomic E-state index is -1.92. The number of hydrogen-bond donors (Lipinski definition) is 0. The lowest BCUT2D eigenvalue weighted by Crippen LogP contribution is -2.11. The highest BCUT2D eigenvalue weighted by atomic mass is 31.2. The quantitative estimate of drug-likeness (QED) is 0.370. The van der Waals surface area contributed by atoms with Crippen molar-refractivity contribution in [2.45, 2.75) is 98.3 Å². The van der Waals surface area contributed by atoms with E-state index in [4.69, 9.17) is 0 Å². The molecule has 0 aromatic carbocycles. The average molecular weight is 328 g/mol. The Hall–Kier alpha value is 0.620. The fraction of sp³-hybridized carbons (Fsp3) is 1.00. The summed E-state index contributed by atoms with van der Waals surface area (Å²) >= 11 is 0. The molecule has 0 amide bonds. The average Bonchev–Trinajstić information content (AvgIpc) is 2.27. The summed E-state index contributed by atoms with van der Waals surface area (Å²) in [7, 11) is -1.92. The Bertz CT molecular complexity index is 217. The predicted molar refractivity (Wildman–Crippen MR) is 102 cm³/mol. The maximum Gasteiger partial charge on any atom is 0.0925 e. The largest absolute Gasteiger partial charge is 0.412 e. The molecule has 0 aliphatic heterocycles. The Morgan fingerprint density at radius 3 is 1.50 bits per heavy atom. The minimum absolute atomic E-state index is 0. The van der Waals surface area contributed by atoms with Crippen molar-refractivity contribution in [3.63, 3.8) is 0 Å². The van der Waals surface area contributed by atoms with Crippen LogP contribution in [0.3, 0.4) is 0 Å². The van der Waals surface area contributed by atoms with E-state index in [0.29, 0.717) is 11.3 Å². The standard InChI is InChI=1S/C15H33OP.CH4.H2O.H3P/c1-6-7-8-9-10-11-12-13-17(16,14(2)3)15(4)5;;;/h14-15H,6-13H2,1-5H3;1H4;1H2;1H3. The fourth-order valence-electron chi connectivity index (χ4n) is 2.43. The summed E-state index contributed by atoms with van der Waals surface area (Å²) in [5, 5.41) is 0. The highest BCUT2D eigenvalue weighted by molar-refractivity contribution is 7.65. The van der Waals surface area contributed by atoms with Crippen LogP contribution in [0.1, 0.15) is 87.0 Å². The van der Waals surface area contributed by atoms with Crippen molar-refractivity contribution in [1.82, 2.24) is 0 Å². The van der Waals surface area contributed by atoms with Gasteiger partial charge < -0.3 is 10.0 Å². The zero-order valence-electron chi connectivity index (χ0n) is 13.9. The van der Waals surface area contributed by atoms with Gasteiger partial charge in [-0.3, -0.25) is 0 Å². The SMILES string of the molecule is C.CCCCCCCCCP(=O)(C(C)C)C(C)C.O.P. The summed E-state index contributed by atoms with van der Waals surface area (Å²) in [6, 6.07) is 0. The monoisotopic (exact) mass is 328 g/mol. The summed E-state index contributed by atoms with van der Waals surface area (Å²) in [4.78, 5) is 0. The van der Waals surface area contributed by atoms with Crippen molar-refractivity contribution < 1.29 is 10.0 Å². The molecule has 0 saturated heterocycles. The van der Waals surface area contributed by atoms with Crippen LogP contribution >= 0.6 is 17.0 Å². The van der Waals surface area contributed by atoms with Gasteiger partial charge in [0.05, 0.1) is 7.14 Å². The molecule has 2 nitrogen and oxygen atoms in total. The lowest BCUT2D eigenvalue weighted by atomic mass is 10.1. The van der Waals surface area contributed by atoms with Gasteiger partial charge >= 0.3 is 0 Å². The van der Waals surface area contributed by atoms with Gasteiger partial charge in [-0.05, 0) is 6.42 Å². The van der Waals surface area contributed by atoms with Gasteiger partial charge in [-0.25, -0.2) is 0 Å². The van der Waals surface area contributed by atoms with Crippen molar-refractivity contribution in [2.24, 2.45) is 0 Å². The molecule has 0 rings (SSSR count). The first-order valence-electron chi connectivity index (χ1n) is 7.53. The fourth-order valence-corrected chi connectivity index (χ4v) is 5.37. The summed E-state index contributed by atoms with van der Waals surface area (Å²) in [5.41, 5.74) is 0.727. The molecule has 0 aliphatic rings. The van der Waals surface area contributed by atoms with Gasteiger partial charge in [0.15, 0.2) is 0 Å². The van der Waals surface area contributed by atoms with Gasteiger partial charge in [0.2, 0.25) is 0 Å². The Balaban J connectivity index is -0.000000427. The van der Waals surface area contributed by atoms with E-state index in [9.17, 15) is 4.57 Å². The highest BCUT2D eigenvalue weighted by Crippen LogP contribution is 2.55. The van der Waals surface area contributed by atoms with Crippen LogP contribution in [0.2, 0.25) is 0 Å². The van der Waals surface area contributed by atoms with Gasteiger partial charge in [0.1, 0.15) is 0 Å². The lowest BCUT2D eigenvalue weighted by Gasteiger charge is -2.26. The molecule has 0 radical (unpaired) electrons. The second-order valence-electron chi connectivity index (χ2n) is 5.89. The van der Waals surface area contributed by atoms with Crippen LogP contribution in [0, 0.1) is 0 Å². The molecule has 0 aromatic heterocycles. The van der Waals surface area contributed by atoms with Crippen LogP contribution in [-0.4, -0.2) is 23.0 Å². The molecule has 0 aromatic rings. The van der Waals surface area contributed by atoms with Crippen LogP contribution in [-0.2, 0) is 4.57 Å². The first-order valence-corrected chi connectivity index (χ1v) is 9.56. The topological polar surface area (TPSA) is 48.6 Å². The molecular weight excluding hydrogens is 286 g/mol. The molecule has 2 N–H and O–H groups in total. The van der Waals surface area contributed by atoms with Gasteiger partial charge in [0, 0.05) is 17.5 Å².